The number of ether oxygens (including phenoxy) is 1. The van der Waals surface area contributed by atoms with Crippen LogP contribution in [0.2, 0.25) is 0 Å². The average molecular weight is 208 g/mol. The van der Waals surface area contributed by atoms with Gasteiger partial charge in [0.1, 0.15) is 12.1 Å². The zero-order valence-electron chi connectivity index (χ0n) is 8.43. The largest absolute Gasteiger partial charge is 0.481 e. The first-order chi connectivity index (χ1) is 7.29. The van der Waals surface area contributed by atoms with Crippen molar-refractivity contribution >= 4 is 11.7 Å². The summed E-state index contributed by atoms with van der Waals surface area (Å²) in [6, 6.07) is 1.72. The number of piperazine rings is 1. The second-order valence-electron chi connectivity index (χ2n) is 3.19. The molecule has 0 atom stereocenters. The van der Waals surface area contributed by atoms with Crippen LogP contribution in [0.3, 0.4) is 0 Å². The van der Waals surface area contributed by atoms with Crippen LogP contribution in [-0.4, -0.2) is 42.6 Å². The fourth-order valence-corrected chi connectivity index (χ4v) is 1.45. The van der Waals surface area contributed by atoms with E-state index < -0.39 is 0 Å². The summed E-state index contributed by atoms with van der Waals surface area (Å²) in [4.78, 5) is 21.1. The minimum absolute atomic E-state index is 0.0128. The number of hydrogen-bond acceptors (Lipinski definition) is 5. The lowest BCUT2D eigenvalue weighted by molar-refractivity contribution is -0.120. The lowest BCUT2D eigenvalue weighted by atomic mass is 10.3. The van der Waals surface area contributed by atoms with Gasteiger partial charge in [-0.1, -0.05) is 0 Å². The van der Waals surface area contributed by atoms with Crippen LogP contribution in [0.25, 0.3) is 0 Å². The Balaban J connectivity index is 2.17. The molecular weight excluding hydrogens is 196 g/mol. The molecule has 0 saturated carbocycles. The third-order valence-electron chi connectivity index (χ3n) is 2.20. The standard InChI is InChI=1S/C9H12N4O2/c1-15-9-4-7(11-6-12-9)13-3-2-10-8(14)5-13/h4,6H,2-3,5H2,1H3,(H,10,14). The second-order valence-corrected chi connectivity index (χ2v) is 3.19. The molecule has 15 heavy (non-hydrogen) atoms. The Morgan fingerprint density at radius 2 is 2.40 bits per heavy atom. The van der Waals surface area contributed by atoms with E-state index in [2.05, 4.69) is 15.3 Å². The Hall–Kier alpha value is -1.85. The highest BCUT2D eigenvalue weighted by Crippen LogP contribution is 2.15. The van der Waals surface area contributed by atoms with Crippen LogP contribution in [0.1, 0.15) is 0 Å². The number of nitrogens with zero attached hydrogens (tertiary/aromatic N) is 3. The third-order valence-corrected chi connectivity index (χ3v) is 2.20. The van der Waals surface area contributed by atoms with E-state index in [1.54, 1.807) is 13.2 Å². The van der Waals surface area contributed by atoms with Crippen LogP contribution in [0.15, 0.2) is 12.4 Å². The number of nitrogens with one attached hydrogen (secondary N) is 1. The molecule has 80 valence electrons. The van der Waals surface area contributed by atoms with Gasteiger partial charge in [0.25, 0.3) is 0 Å². The Bertz CT molecular complexity index is 369. The van der Waals surface area contributed by atoms with Crippen molar-refractivity contribution in [3.63, 3.8) is 0 Å². The number of anilines is 1. The van der Waals surface area contributed by atoms with Crippen LogP contribution in [0, 0.1) is 0 Å². The summed E-state index contributed by atoms with van der Waals surface area (Å²) in [7, 11) is 1.55. The van der Waals surface area contributed by atoms with Crippen molar-refractivity contribution in [1.29, 1.82) is 0 Å². The molecule has 0 unspecified atom stereocenters. The van der Waals surface area contributed by atoms with Gasteiger partial charge in [-0.2, -0.15) is 0 Å². The number of methoxy groups -OCH3 is 1. The minimum Gasteiger partial charge on any atom is -0.481 e. The predicted octanol–water partition coefficient (Wildman–Crippen LogP) is -0.579. The number of aromatic nitrogens is 2. The summed E-state index contributed by atoms with van der Waals surface area (Å²) in [6.07, 6.45) is 1.43. The number of amides is 1. The van der Waals surface area contributed by atoms with Crippen molar-refractivity contribution in [3.05, 3.63) is 12.4 Å². The molecular formula is C9H12N4O2. The topological polar surface area (TPSA) is 67.3 Å². The van der Waals surface area contributed by atoms with Crippen LogP contribution in [-0.2, 0) is 4.79 Å². The van der Waals surface area contributed by atoms with E-state index in [0.717, 1.165) is 12.4 Å². The van der Waals surface area contributed by atoms with Crippen molar-refractivity contribution in [2.45, 2.75) is 0 Å². The average Bonchev–Trinajstić information content (AvgIpc) is 2.29. The maximum atomic E-state index is 11.2. The highest BCUT2D eigenvalue weighted by Gasteiger charge is 2.17. The molecule has 1 saturated heterocycles. The van der Waals surface area contributed by atoms with Gasteiger partial charge in [0.15, 0.2) is 0 Å². The van der Waals surface area contributed by atoms with Gasteiger partial charge in [-0.15, -0.1) is 0 Å². The normalized spacial score (nSPS) is 16.1. The smallest absolute Gasteiger partial charge is 0.239 e. The molecule has 0 aliphatic carbocycles. The van der Waals surface area contributed by atoms with Crippen LogP contribution in [0.5, 0.6) is 5.88 Å². The Morgan fingerprint density at radius 1 is 1.53 bits per heavy atom. The molecule has 2 heterocycles. The van der Waals surface area contributed by atoms with Crippen molar-refractivity contribution in [2.75, 3.05) is 31.6 Å². The molecule has 0 spiro atoms. The molecule has 1 aromatic rings. The summed E-state index contributed by atoms with van der Waals surface area (Å²) in [5, 5.41) is 2.76. The molecule has 1 fully saturated rings. The second kappa shape index (κ2) is 4.12. The number of carbonyl (C=O) groups excluding carboxylic acids is 1. The van der Waals surface area contributed by atoms with E-state index in [0.29, 0.717) is 19.0 Å². The first-order valence-electron chi connectivity index (χ1n) is 4.67. The van der Waals surface area contributed by atoms with Gasteiger partial charge in [0.2, 0.25) is 11.8 Å². The predicted molar refractivity (Wildman–Crippen MR) is 53.8 cm³/mol. The number of carbonyl (C=O) groups is 1. The molecule has 1 aromatic heterocycles. The lowest BCUT2D eigenvalue weighted by Crippen LogP contribution is -2.48. The summed E-state index contributed by atoms with van der Waals surface area (Å²) >= 11 is 0. The van der Waals surface area contributed by atoms with Crippen LogP contribution >= 0.6 is 0 Å². The van der Waals surface area contributed by atoms with E-state index in [1.165, 1.54) is 6.33 Å². The minimum atomic E-state index is 0.0128. The van der Waals surface area contributed by atoms with Gasteiger partial charge in [-0.3, -0.25) is 4.79 Å². The Labute approximate surface area is 87.3 Å². The van der Waals surface area contributed by atoms with E-state index in [1.807, 2.05) is 4.90 Å². The molecule has 2 rings (SSSR count). The van der Waals surface area contributed by atoms with Crippen molar-refractivity contribution in [1.82, 2.24) is 15.3 Å². The molecule has 0 radical (unpaired) electrons. The van der Waals surface area contributed by atoms with Crippen LogP contribution < -0.4 is 15.0 Å². The first-order valence-corrected chi connectivity index (χ1v) is 4.67. The molecule has 1 amide bonds. The first kappa shape index (κ1) is 9.70. The zero-order valence-corrected chi connectivity index (χ0v) is 8.43. The Kier molecular flexibility index (Phi) is 2.66. The van der Waals surface area contributed by atoms with Crippen LogP contribution in [0.4, 0.5) is 5.82 Å². The van der Waals surface area contributed by atoms with E-state index in [-0.39, 0.29) is 5.91 Å². The van der Waals surface area contributed by atoms with Crippen molar-refractivity contribution in [3.8, 4) is 5.88 Å². The van der Waals surface area contributed by atoms with E-state index in [4.69, 9.17) is 4.74 Å². The maximum Gasteiger partial charge on any atom is 0.239 e. The van der Waals surface area contributed by atoms with Gasteiger partial charge in [-0.25, -0.2) is 9.97 Å². The summed E-state index contributed by atoms with van der Waals surface area (Å²) in [6.45, 7) is 1.73. The maximum absolute atomic E-state index is 11.2. The summed E-state index contributed by atoms with van der Waals surface area (Å²) in [5.41, 5.74) is 0. The summed E-state index contributed by atoms with van der Waals surface area (Å²) in [5.74, 6) is 1.24. The monoisotopic (exact) mass is 208 g/mol. The van der Waals surface area contributed by atoms with Crippen molar-refractivity contribution < 1.29 is 9.53 Å². The fourth-order valence-electron chi connectivity index (χ4n) is 1.45. The van der Waals surface area contributed by atoms with E-state index in [9.17, 15) is 4.79 Å². The molecule has 1 aliphatic rings. The zero-order chi connectivity index (χ0) is 10.7. The SMILES string of the molecule is COc1cc(N2CCNC(=O)C2)ncn1. The quantitative estimate of drug-likeness (QED) is 0.704. The third kappa shape index (κ3) is 2.15. The van der Waals surface area contributed by atoms with Gasteiger partial charge in [-0.05, 0) is 0 Å². The molecule has 1 N–H and O–H groups in total. The fraction of sp³-hybridized carbons (Fsp3) is 0.444. The summed E-state index contributed by atoms with van der Waals surface area (Å²) < 4.78 is 4.99. The number of hydrogen-bond donors (Lipinski definition) is 1. The van der Waals surface area contributed by atoms with Gasteiger partial charge >= 0.3 is 0 Å². The molecule has 1 aliphatic heterocycles. The van der Waals surface area contributed by atoms with Gasteiger partial charge < -0.3 is 15.0 Å². The molecule has 0 aromatic carbocycles. The molecule has 6 heteroatoms. The highest BCUT2D eigenvalue weighted by molar-refractivity contribution is 5.82. The lowest BCUT2D eigenvalue weighted by Gasteiger charge is -2.27. The molecule has 0 bridgehead atoms. The Morgan fingerprint density at radius 3 is 3.13 bits per heavy atom. The highest BCUT2D eigenvalue weighted by atomic mass is 16.5. The van der Waals surface area contributed by atoms with Crippen molar-refractivity contribution in [2.24, 2.45) is 0 Å². The number of rotatable bonds is 2. The van der Waals surface area contributed by atoms with E-state index >= 15 is 0 Å². The van der Waals surface area contributed by atoms with Gasteiger partial charge in [0.05, 0.1) is 13.7 Å². The molecule has 6 nitrogen and oxygen atoms in total. The van der Waals surface area contributed by atoms with Gasteiger partial charge in [0, 0.05) is 19.2 Å².